The normalized spacial score (nSPS) is 24.8. The van der Waals surface area contributed by atoms with Gasteiger partial charge in [0, 0.05) is 6.54 Å². The van der Waals surface area contributed by atoms with Gasteiger partial charge in [-0.05, 0) is 39.7 Å². The topological polar surface area (TPSA) is 92.9 Å². The fourth-order valence-corrected chi connectivity index (χ4v) is 1.85. The number of ether oxygens (including phenoxy) is 1. The molecule has 3 N–H and O–H groups in total. The highest BCUT2D eigenvalue weighted by molar-refractivity contribution is 5.81. The molecule has 0 aromatic carbocycles. The van der Waals surface area contributed by atoms with Gasteiger partial charge in [-0.15, -0.1) is 0 Å². The van der Waals surface area contributed by atoms with E-state index in [9.17, 15) is 9.59 Å². The summed E-state index contributed by atoms with van der Waals surface area (Å²) < 4.78 is 5.18. The molecule has 98 valence electrons. The third-order valence-electron chi connectivity index (χ3n) is 2.63. The first-order valence-corrected chi connectivity index (χ1v) is 5.67. The van der Waals surface area contributed by atoms with E-state index in [0.717, 1.165) is 0 Å². The van der Waals surface area contributed by atoms with E-state index in [1.165, 1.54) is 4.90 Å². The molecular weight excluding hydrogens is 224 g/mol. The lowest BCUT2D eigenvalue weighted by molar-refractivity contribution is -0.142. The van der Waals surface area contributed by atoms with E-state index < -0.39 is 23.7 Å². The Hall–Kier alpha value is -1.30. The van der Waals surface area contributed by atoms with Crippen molar-refractivity contribution in [3.8, 4) is 0 Å². The molecule has 17 heavy (non-hydrogen) atoms. The summed E-state index contributed by atoms with van der Waals surface area (Å²) in [7, 11) is 0. The Morgan fingerprint density at radius 3 is 2.47 bits per heavy atom. The summed E-state index contributed by atoms with van der Waals surface area (Å²) in [5.41, 5.74) is 4.89. The van der Waals surface area contributed by atoms with Gasteiger partial charge in [0.1, 0.15) is 11.6 Å². The second kappa shape index (κ2) is 4.91. The average molecular weight is 244 g/mol. The minimum absolute atomic E-state index is 0.0311. The van der Waals surface area contributed by atoms with E-state index in [0.29, 0.717) is 19.5 Å². The summed E-state index contributed by atoms with van der Waals surface area (Å²) in [4.78, 5) is 24.1. The number of carboxylic acid groups (broad SMARTS) is 1. The monoisotopic (exact) mass is 244 g/mol. The Balaban J connectivity index is 2.73. The van der Waals surface area contributed by atoms with Crippen LogP contribution in [0.3, 0.4) is 0 Å². The van der Waals surface area contributed by atoms with Crippen LogP contribution in [-0.4, -0.2) is 46.8 Å². The van der Waals surface area contributed by atoms with E-state index in [2.05, 4.69) is 0 Å². The highest BCUT2D eigenvalue weighted by Gasteiger charge is 2.40. The van der Waals surface area contributed by atoms with E-state index in [4.69, 9.17) is 15.6 Å². The second-order valence-electron chi connectivity index (χ2n) is 5.32. The second-order valence-corrected chi connectivity index (χ2v) is 5.32. The van der Waals surface area contributed by atoms with Crippen LogP contribution in [0, 0.1) is 5.92 Å². The van der Waals surface area contributed by atoms with E-state index in [-0.39, 0.29) is 5.92 Å². The van der Waals surface area contributed by atoms with Crippen molar-refractivity contribution >= 4 is 12.1 Å². The van der Waals surface area contributed by atoms with Gasteiger partial charge >= 0.3 is 12.1 Å². The zero-order chi connectivity index (χ0) is 13.2. The summed E-state index contributed by atoms with van der Waals surface area (Å²) in [5.74, 6) is -0.976. The summed E-state index contributed by atoms with van der Waals surface area (Å²) >= 11 is 0. The molecule has 1 saturated heterocycles. The molecule has 0 radical (unpaired) electrons. The van der Waals surface area contributed by atoms with E-state index in [1.54, 1.807) is 20.8 Å². The van der Waals surface area contributed by atoms with Gasteiger partial charge in [0.2, 0.25) is 0 Å². The van der Waals surface area contributed by atoms with Gasteiger partial charge < -0.3 is 15.6 Å². The number of carboxylic acids is 1. The molecule has 6 heteroatoms. The molecule has 1 aliphatic rings. The molecule has 6 nitrogen and oxygen atoms in total. The van der Waals surface area contributed by atoms with Crippen LogP contribution in [0.15, 0.2) is 0 Å². The molecule has 1 amide bonds. The van der Waals surface area contributed by atoms with Crippen LogP contribution in [0.5, 0.6) is 0 Å². The highest BCUT2D eigenvalue weighted by Crippen LogP contribution is 2.24. The molecule has 1 rings (SSSR count). The zero-order valence-electron chi connectivity index (χ0n) is 10.5. The van der Waals surface area contributed by atoms with Crippen molar-refractivity contribution in [1.82, 2.24) is 4.90 Å². The number of carbonyl (C=O) groups excluding carboxylic acids is 1. The third-order valence-corrected chi connectivity index (χ3v) is 2.63. The number of carbonyl (C=O) groups is 2. The first-order chi connectivity index (χ1) is 7.74. The van der Waals surface area contributed by atoms with Gasteiger partial charge in [-0.1, -0.05) is 0 Å². The predicted molar refractivity (Wildman–Crippen MR) is 61.5 cm³/mol. The van der Waals surface area contributed by atoms with E-state index in [1.807, 2.05) is 0 Å². The van der Waals surface area contributed by atoms with Crippen molar-refractivity contribution in [1.29, 1.82) is 0 Å². The molecule has 0 aliphatic carbocycles. The quantitative estimate of drug-likeness (QED) is 0.744. The molecular formula is C11H20N2O4. The minimum atomic E-state index is -1.01. The Morgan fingerprint density at radius 2 is 2.06 bits per heavy atom. The van der Waals surface area contributed by atoms with Crippen molar-refractivity contribution in [3.05, 3.63) is 0 Å². The summed E-state index contributed by atoms with van der Waals surface area (Å²) in [5, 5.41) is 9.05. The molecule has 0 spiro atoms. The van der Waals surface area contributed by atoms with Crippen molar-refractivity contribution in [2.45, 2.75) is 38.8 Å². The smallest absolute Gasteiger partial charge is 0.411 e. The lowest BCUT2D eigenvalue weighted by Crippen LogP contribution is -2.43. The van der Waals surface area contributed by atoms with Crippen molar-refractivity contribution < 1.29 is 19.4 Å². The molecule has 1 fully saturated rings. The van der Waals surface area contributed by atoms with Crippen LogP contribution < -0.4 is 5.73 Å². The first-order valence-electron chi connectivity index (χ1n) is 5.67. The standard InChI is InChI=1S/C11H20N2O4/c1-11(2,3)17-10(16)13-6-7(5-12)4-8(13)9(14)15/h7-8H,4-6,12H2,1-3H3,(H,14,15)/t7?,8-/m0/s1. The predicted octanol–water partition coefficient (Wildman–Crippen LogP) is 0.655. The van der Waals surface area contributed by atoms with Gasteiger partial charge in [-0.3, -0.25) is 4.90 Å². The van der Waals surface area contributed by atoms with Gasteiger partial charge in [-0.25, -0.2) is 9.59 Å². The number of nitrogens with zero attached hydrogens (tertiary/aromatic N) is 1. The fourth-order valence-electron chi connectivity index (χ4n) is 1.85. The number of nitrogens with two attached hydrogens (primary N) is 1. The summed E-state index contributed by atoms with van der Waals surface area (Å²) in [6, 6.07) is -0.821. The number of likely N-dealkylation sites (tertiary alicyclic amines) is 1. The van der Waals surface area contributed by atoms with Crippen LogP contribution in [-0.2, 0) is 9.53 Å². The van der Waals surface area contributed by atoms with Crippen LogP contribution >= 0.6 is 0 Å². The minimum Gasteiger partial charge on any atom is -0.480 e. The maximum Gasteiger partial charge on any atom is 0.411 e. The Labute approximate surface area is 101 Å². The van der Waals surface area contributed by atoms with Crippen LogP contribution in [0.1, 0.15) is 27.2 Å². The molecule has 0 aromatic heterocycles. The number of aliphatic carboxylic acids is 1. The number of hydrogen-bond acceptors (Lipinski definition) is 4. The molecule has 1 heterocycles. The molecule has 1 aliphatic heterocycles. The zero-order valence-corrected chi connectivity index (χ0v) is 10.5. The van der Waals surface area contributed by atoms with Crippen LogP contribution in [0.2, 0.25) is 0 Å². The first kappa shape index (κ1) is 13.8. The van der Waals surface area contributed by atoms with Crippen LogP contribution in [0.25, 0.3) is 0 Å². The van der Waals surface area contributed by atoms with Crippen molar-refractivity contribution in [2.75, 3.05) is 13.1 Å². The Kier molecular flexibility index (Phi) is 3.98. The third kappa shape index (κ3) is 3.59. The number of rotatable bonds is 2. The van der Waals surface area contributed by atoms with Crippen LogP contribution in [0.4, 0.5) is 4.79 Å². The highest BCUT2D eigenvalue weighted by atomic mass is 16.6. The number of amides is 1. The molecule has 0 bridgehead atoms. The Bertz CT molecular complexity index is 311. The lowest BCUT2D eigenvalue weighted by Gasteiger charge is -2.26. The lowest BCUT2D eigenvalue weighted by atomic mass is 10.1. The summed E-state index contributed by atoms with van der Waals surface area (Å²) in [6.07, 6.45) is -0.189. The molecule has 0 aromatic rings. The average Bonchev–Trinajstić information content (AvgIpc) is 2.58. The van der Waals surface area contributed by atoms with Gasteiger partial charge in [-0.2, -0.15) is 0 Å². The van der Waals surface area contributed by atoms with Gasteiger partial charge in [0.25, 0.3) is 0 Å². The van der Waals surface area contributed by atoms with E-state index >= 15 is 0 Å². The molecule has 0 saturated carbocycles. The molecule has 1 unspecified atom stereocenters. The maximum atomic E-state index is 11.8. The molecule has 2 atom stereocenters. The van der Waals surface area contributed by atoms with Gasteiger partial charge in [0.05, 0.1) is 0 Å². The largest absolute Gasteiger partial charge is 0.480 e. The fraction of sp³-hybridized carbons (Fsp3) is 0.818. The van der Waals surface area contributed by atoms with Crippen molar-refractivity contribution in [3.63, 3.8) is 0 Å². The SMILES string of the molecule is CC(C)(C)OC(=O)N1CC(CN)C[C@H]1C(=O)O. The number of hydrogen-bond donors (Lipinski definition) is 2. The van der Waals surface area contributed by atoms with Crippen molar-refractivity contribution in [2.24, 2.45) is 11.7 Å². The Morgan fingerprint density at radius 1 is 1.47 bits per heavy atom. The summed E-state index contributed by atoms with van der Waals surface area (Å²) in [6.45, 7) is 5.97. The maximum absolute atomic E-state index is 11.8. The van der Waals surface area contributed by atoms with Gasteiger partial charge in [0.15, 0.2) is 0 Å².